The molecule has 6 nitrogen and oxygen atoms in total. The second kappa shape index (κ2) is 7.72. The van der Waals surface area contributed by atoms with Gasteiger partial charge in [-0.15, -0.1) is 11.3 Å². The highest BCUT2D eigenvalue weighted by Crippen LogP contribution is 2.32. The van der Waals surface area contributed by atoms with Crippen molar-refractivity contribution in [2.45, 2.75) is 39.7 Å². The van der Waals surface area contributed by atoms with Crippen molar-refractivity contribution in [3.8, 4) is 6.07 Å². The summed E-state index contributed by atoms with van der Waals surface area (Å²) in [7, 11) is 0. The smallest absolute Gasteiger partial charge is 0.262 e. The lowest BCUT2D eigenvalue weighted by molar-refractivity contribution is -0.117. The van der Waals surface area contributed by atoms with Gasteiger partial charge in [0.15, 0.2) is 5.13 Å². The van der Waals surface area contributed by atoms with Crippen LogP contribution in [0.1, 0.15) is 36.6 Å². The van der Waals surface area contributed by atoms with Gasteiger partial charge < -0.3 is 5.32 Å². The summed E-state index contributed by atoms with van der Waals surface area (Å²) in [5, 5.41) is 14.3. The molecular weight excluding hydrogens is 360 g/mol. The molecule has 2 amide bonds. The Labute approximate surface area is 162 Å². The van der Waals surface area contributed by atoms with E-state index in [9.17, 15) is 14.9 Å². The van der Waals surface area contributed by atoms with E-state index >= 15 is 0 Å². The molecule has 0 bridgehead atoms. The zero-order valence-corrected chi connectivity index (χ0v) is 16.3. The average molecular weight is 380 g/mol. The molecule has 0 radical (unpaired) electrons. The molecule has 1 N–H and O–H groups in total. The van der Waals surface area contributed by atoms with Crippen LogP contribution in [0, 0.1) is 25.2 Å². The summed E-state index contributed by atoms with van der Waals surface area (Å²) in [6.45, 7) is 5.44. The number of benzene rings is 1. The first-order valence-corrected chi connectivity index (χ1v) is 9.53. The maximum absolute atomic E-state index is 12.3. The van der Waals surface area contributed by atoms with Crippen LogP contribution in [0.4, 0.5) is 10.8 Å². The Balaban J connectivity index is 1.91. The molecule has 0 spiro atoms. The first kappa shape index (κ1) is 18.8. The summed E-state index contributed by atoms with van der Waals surface area (Å²) in [5.41, 5.74) is 3.36. The van der Waals surface area contributed by atoms with Crippen LogP contribution in [0.2, 0.25) is 0 Å². The minimum atomic E-state index is -0.382. The van der Waals surface area contributed by atoms with Crippen molar-refractivity contribution in [2.24, 2.45) is 0 Å². The normalized spacial score (nSPS) is 13.8. The van der Waals surface area contributed by atoms with Crippen molar-refractivity contribution in [1.82, 2.24) is 10.3 Å². The monoisotopic (exact) mass is 380 g/mol. The number of rotatable bonds is 5. The third-order valence-electron chi connectivity index (χ3n) is 4.40. The van der Waals surface area contributed by atoms with E-state index < -0.39 is 0 Å². The highest BCUT2D eigenvalue weighted by Gasteiger charge is 2.25. The maximum atomic E-state index is 12.3. The molecule has 0 aliphatic heterocycles. The molecule has 1 aliphatic rings. The summed E-state index contributed by atoms with van der Waals surface area (Å²) in [4.78, 5) is 30.4. The van der Waals surface area contributed by atoms with Crippen LogP contribution in [-0.2, 0) is 9.59 Å². The Morgan fingerprint density at radius 2 is 2.11 bits per heavy atom. The van der Waals surface area contributed by atoms with E-state index in [-0.39, 0.29) is 23.4 Å². The summed E-state index contributed by atoms with van der Waals surface area (Å²) in [6.07, 6.45) is 3.36. The topological polar surface area (TPSA) is 86.1 Å². The second-order valence-electron chi connectivity index (χ2n) is 6.55. The number of nitriles is 1. The van der Waals surface area contributed by atoms with E-state index in [1.54, 1.807) is 10.3 Å². The molecule has 0 unspecified atom stereocenters. The maximum Gasteiger partial charge on any atom is 0.262 e. The van der Waals surface area contributed by atoms with Gasteiger partial charge in [0.2, 0.25) is 5.91 Å². The summed E-state index contributed by atoms with van der Waals surface area (Å²) in [5.74, 6) is -0.534. The standard InChI is InChI=1S/C20H20N4O2S/c1-12-5-4-6-18(13(12)2)24(14(3)25)20-23-17(11-27-20)9-15(10-21)19(26)22-16-7-8-16/h4-6,9,11,16H,7-8H2,1-3H3,(H,22,26)/b15-9+. The van der Waals surface area contributed by atoms with Gasteiger partial charge in [-0.3, -0.25) is 14.5 Å². The van der Waals surface area contributed by atoms with Crippen molar-refractivity contribution < 1.29 is 9.59 Å². The first-order chi connectivity index (χ1) is 12.9. The van der Waals surface area contributed by atoms with Crippen molar-refractivity contribution >= 4 is 40.0 Å². The number of amides is 2. The highest BCUT2D eigenvalue weighted by atomic mass is 32.1. The van der Waals surface area contributed by atoms with Crippen LogP contribution in [0.3, 0.4) is 0 Å². The zero-order valence-electron chi connectivity index (χ0n) is 15.4. The quantitative estimate of drug-likeness (QED) is 0.634. The molecule has 0 saturated heterocycles. The van der Waals surface area contributed by atoms with Crippen molar-refractivity contribution in [2.75, 3.05) is 4.90 Å². The van der Waals surface area contributed by atoms with Crippen LogP contribution in [-0.4, -0.2) is 22.8 Å². The largest absolute Gasteiger partial charge is 0.349 e. The number of hydrogen-bond acceptors (Lipinski definition) is 5. The number of aryl methyl sites for hydroxylation is 1. The minimum Gasteiger partial charge on any atom is -0.349 e. The third kappa shape index (κ3) is 4.23. The number of aromatic nitrogens is 1. The molecule has 7 heteroatoms. The van der Waals surface area contributed by atoms with Gasteiger partial charge in [-0.05, 0) is 50.0 Å². The Morgan fingerprint density at radius 3 is 2.74 bits per heavy atom. The number of nitrogens with one attached hydrogen (secondary N) is 1. The summed E-state index contributed by atoms with van der Waals surface area (Å²) >= 11 is 1.29. The zero-order chi connectivity index (χ0) is 19.6. The molecule has 3 rings (SSSR count). The average Bonchev–Trinajstić information content (AvgIpc) is 3.32. The van der Waals surface area contributed by atoms with Gasteiger partial charge in [0.25, 0.3) is 5.91 Å². The summed E-state index contributed by atoms with van der Waals surface area (Å²) < 4.78 is 0. The van der Waals surface area contributed by atoms with Gasteiger partial charge in [0.1, 0.15) is 11.6 Å². The molecule has 1 aromatic heterocycles. The number of hydrogen-bond donors (Lipinski definition) is 1. The van der Waals surface area contributed by atoms with Crippen LogP contribution < -0.4 is 10.2 Å². The van der Waals surface area contributed by atoms with Crippen LogP contribution in [0.5, 0.6) is 0 Å². The van der Waals surface area contributed by atoms with E-state index in [2.05, 4.69) is 10.3 Å². The molecule has 0 atom stereocenters. The molecule has 1 aromatic carbocycles. The van der Waals surface area contributed by atoms with Gasteiger partial charge in [-0.1, -0.05) is 12.1 Å². The third-order valence-corrected chi connectivity index (χ3v) is 5.25. The lowest BCUT2D eigenvalue weighted by Gasteiger charge is -2.21. The predicted molar refractivity (Wildman–Crippen MR) is 106 cm³/mol. The van der Waals surface area contributed by atoms with E-state index in [4.69, 9.17) is 0 Å². The van der Waals surface area contributed by atoms with Crippen LogP contribution in [0.25, 0.3) is 6.08 Å². The van der Waals surface area contributed by atoms with E-state index in [0.717, 1.165) is 29.7 Å². The minimum absolute atomic E-state index is 0.0138. The van der Waals surface area contributed by atoms with Crippen molar-refractivity contribution in [3.05, 3.63) is 46.0 Å². The highest BCUT2D eigenvalue weighted by molar-refractivity contribution is 7.14. The summed E-state index contributed by atoms with van der Waals surface area (Å²) in [6, 6.07) is 7.88. The number of nitrogens with zero attached hydrogens (tertiary/aromatic N) is 3. The molecular formula is C20H20N4O2S. The van der Waals surface area contributed by atoms with Crippen molar-refractivity contribution in [1.29, 1.82) is 5.26 Å². The van der Waals surface area contributed by atoms with Gasteiger partial charge in [0, 0.05) is 18.3 Å². The Kier molecular flexibility index (Phi) is 5.38. The fourth-order valence-electron chi connectivity index (χ4n) is 2.62. The SMILES string of the molecule is CC(=O)N(c1nc(/C=C(\C#N)C(=O)NC2CC2)cs1)c1cccc(C)c1C. The molecule has 27 heavy (non-hydrogen) atoms. The Hall–Kier alpha value is -2.98. The van der Waals surface area contributed by atoms with Crippen LogP contribution in [0.15, 0.2) is 29.2 Å². The Morgan fingerprint density at radius 1 is 1.37 bits per heavy atom. The molecule has 2 aromatic rings. The van der Waals surface area contributed by atoms with E-state index in [1.165, 1.54) is 24.3 Å². The van der Waals surface area contributed by atoms with Crippen LogP contribution >= 0.6 is 11.3 Å². The predicted octanol–water partition coefficient (Wildman–Crippen LogP) is 3.63. The molecule has 1 saturated carbocycles. The number of carbonyl (C=O) groups is 2. The lowest BCUT2D eigenvalue weighted by Crippen LogP contribution is -2.26. The van der Waals surface area contributed by atoms with E-state index in [1.807, 2.05) is 38.1 Å². The second-order valence-corrected chi connectivity index (χ2v) is 7.38. The van der Waals surface area contributed by atoms with E-state index in [0.29, 0.717) is 10.8 Å². The van der Waals surface area contributed by atoms with Gasteiger partial charge >= 0.3 is 0 Å². The first-order valence-electron chi connectivity index (χ1n) is 8.65. The molecule has 1 heterocycles. The fourth-order valence-corrected chi connectivity index (χ4v) is 3.46. The van der Waals surface area contributed by atoms with Gasteiger partial charge in [-0.25, -0.2) is 4.98 Å². The lowest BCUT2D eigenvalue weighted by atomic mass is 10.1. The van der Waals surface area contributed by atoms with Crippen molar-refractivity contribution in [3.63, 3.8) is 0 Å². The Bertz CT molecular complexity index is 967. The number of carbonyl (C=O) groups excluding carboxylic acids is 2. The number of anilines is 2. The fraction of sp³-hybridized carbons (Fsp3) is 0.300. The number of thiazole rings is 1. The van der Waals surface area contributed by atoms with Gasteiger partial charge in [0.05, 0.1) is 11.4 Å². The molecule has 138 valence electrons. The van der Waals surface area contributed by atoms with Gasteiger partial charge in [-0.2, -0.15) is 5.26 Å². The molecule has 1 fully saturated rings. The molecule has 1 aliphatic carbocycles.